The van der Waals surface area contributed by atoms with Gasteiger partial charge in [-0.25, -0.2) is 0 Å². The van der Waals surface area contributed by atoms with Gasteiger partial charge < -0.3 is 10.4 Å². The summed E-state index contributed by atoms with van der Waals surface area (Å²) >= 11 is 6.27. The Morgan fingerprint density at radius 1 is 0.966 bits per heavy atom. The van der Waals surface area contributed by atoms with Crippen LogP contribution in [-0.4, -0.2) is 29.0 Å². The van der Waals surface area contributed by atoms with Gasteiger partial charge in [-0.15, -0.1) is 17.5 Å². The molecule has 0 aromatic heterocycles. The summed E-state index contributed by atoms with van der Waals surface area (Å²) in [6.45, 7) is 2.02. The van der Waals surface area contributed by atoms with Crippen molar-refractivity contribution < 1.29 is 9.90 Å². The number of rotatable bonds is 15. The first-order valence-electron chi connectivity index (χ1n) is 11.3. The van der Waals surface area contributed by atoms with E-state index in [4.69, 9.17) is 11.6 Å². The number of hydrogen-bond donors (Lipinski definition) is 2. The predicted molar refractivity (Wildman–Crippen MR) is 123 cm³/mol. The normalized spacial score (nSPS) is 12.7. The minimum Gasteiger partial charge on any atom is -0.394 e. The summed E-state index contributed by atoms with van der Waals surface area (Å²) in [6, 6.07) is 8.33. The third kappa shape index (κ3) is 12.6. The molecule has 4 heteroatoms. The van der Waals surface area contributed by atoms with Crippen LogP contribution >= 0.6 is 11.6 Å². The Kier molecular flexibility index (Phi) is 15.3. The van der Waals surface area contributed by atoms with Gasteiger partial charge in [-0.3, -0.25) is 4.79 Å². The minimum absolute atomic E-state index is 0.236. The zero-order chi connectivity index (χ0) is 21.2. The number of carbonyl (C=O) groups excluding carboxylic acids is 1. The summed E-state index contributed by atoms with van der Waals surface area (Å²) in [5, 5.41) is 11.7. The topological polar surface area (TPSA) is 49.3 Å². The lowest BCUT2D eigenvalue weighted by Crippen LogP contribution is -2.43. The van der Waals surface area contributed by atoms with Crippen LogP contribution in [0.3, 0.4) is 0 Å². The van der Waals surface area contributed by atoms with Crippen molar-refractivity contribution in [1.29, 1.82) is 0 Å². The number of aliphatic hydroxyl groups excluding tert-OH is 1. The Morgan fingerprint density at radius 3 is 2.07 bits per heavy atom. The highest BCUT2D eigenvalue weighted by molar-refractivity contribution is 6.23. The fourth-order valence-electron chi connectivity index (χ4n) is 3.20. The number of alkyl halides is 1. The van der Waals surface area contributed by atoms with Crippen LogP contribution in [0.25, 0.3) is 0 Å². The third-order valence-corrected chi connectivity index (χ3v) is 5.46. The van der Waals surface area contributed by atoms with E-state index in [0.717, 1.165) is 12.8 Å². The van der Waals surface area contributed by atoms with E-state index in [1.165, 1.54) is 64.2 Å². The number of unbranched alkanes of at least 4 members (excludes halogenated alkanes) is 11. The number of benzene rings is 1. The fourth-order valence-corrected chi connectivity index (χ4v) is 3.42. The zero-order valence-electron chi connectivity index (χ0n) is 18.0. The van der Waals surface area contributed by atoms with E-state index in [2.05, 4.69) is 24.1 Å². The Hall–Kier alpha value is -1.50. The first kappa shape index (κ1) is 25.5. The van der Waals surface area contributed by atoms with E-state index >= 15 is 0 Å². The van der Waals surface area contributed by atoms with Crippen molar-refractivity contribution in [2.24, 2.45) is 0 Å². The van der Waals surface area contributed by atoms with Crippen molar-refractivity contribution >= 4 is 17.5 Å². The molecule has 0 saturated carbocycles. The Bertz CT molecular complexity index is 594. The van der Waals surface area contributed by atoms with Gasteiger partial charge in [0.1, 0.15) is 5.38 Å². The van der Waals surface area contributed by atoms with E-state index in [1.54, 1.807) is 24.3 Å². The molecule has 162 valence electrons. The highest BCUT2D eigenvalue weighted by atomic mass is 35.5. The number of hydrogen-bond acceptors (Lipinski definition) is 2. The second-order valence-electron chi connectivity index (χ2n) is 7.64. The fraction of sp³-hybridized carbons (Fsp3) is 0.640. The molecule has 29 heavy (non-hydrogen) atoms. The standard InChI is InChI=1S/C25H38ClNO2/c1-2-3-4-5-6-7-8-9-10-11-12-13-17-20-23(26)24(21-28)27-25(29)22-18-15-14-16-19-22/h14-16,18-19,23-24,28H,2-13,21H2,1H3,(H,27,29)/t23-,24-/m0/s1. The molecule has 0 bridgehead atoms. The molecular formula is C25H38ClNO2. The number of carbonyl (C=O) groups is 1. The first-order chi connectivity index (χ1) is 14.2. The van der Waals surface area contributed by atoms with Crippen molar-refractivity contribution in [2.45, 2.75) is 95.4 Å². The van der Waals surface area contributed by atoms with E-state index in [1.807, 2.05) is 6.07 Å². The number of aliphatic hydroxyl groups is 1. The molecule has 0 saturated heterocycles. The molecule has 1 amide bonds. The summed E-state index contributed by atoms with van der Waals surface area (Å²) in [6.07, 6.45) is 15.3. The van der Waals surface area contributed by atoms with Crippen molar-refractivity contribution in [3.05, 3.63) is 35.9 Å². The molecule has 1 aromatic rings. The van der Waals surface area contributed by atoms with Crippen molar-refractivity contribution in [3.63, 3.8) is 0 Å². The number of amides is 1. The van der Waals surface area contributed by atoms with Crippen LogP contribution in [0.5, 0.6) is 0 Å². The van der Waals surface area contributed by atoms with Gasteiger partial charge in [-0.2, -0.15) is 0 Å². The molecule has 2 N–H and O–H groups in total. The molecule has 0 radical (unpaired) electrons. The molecule has 0 fully saturated rings. The lowest BCUT2D eigenvalue weighted by atomic mass is 10.1. The number of nitrogens with one attached hydrogen (secondary N) is 1. The molecule has 0 spiro atoms. The molecule has 2 atom stereocenters. The quantitative estimate of drug-likeness (QED) is 0.205. The highest BCUT2D eigenvalue weighted by Gasteiger charge is 2.19. The van der Waals surface area contributed by atoms with Gasteiger partial charge in [0.25, 0.3) is 5.91 Å². The largest absolute Gasteiger partial charge is 0.394 e. The summed E-state index contributed by atoms with van der Waals surface area (Å²) in [5.74, 6) is 5.82. The molecule has 0 aliphatic carbocycles. The van der Waals surface area contributed by atoms with E-state index in [0.29, 0.717) is 5.56 Å². The molecule has 0 unspecified atom stereocenters. The maximum absolute atomic E-state index is 12.2. The summed E-state index contributed by atoms with van der Waals surface area (Å²) in [5.41, 5.74) is 0.545. The van der Waals surface area contributed by atoms with Crippen molar-refractivity contribution in [1.82, 2.24) is 5.32 Å². The van der Waals surface area contributed by atoms with Gasteiger partial charge >= 0.3 is 0 Å². The molecule has 0 aliphatic heterocycles. The van der Waals surface area contributed by atoms with Crippen LogP contribution in [0.4, 0.5) is 0 Å². The van der Waals surface area contributed by atoms with Crippen LogP contribution < -0.4 is 5.32 Å². The van der Waals surface area contributed by atoms with Gasteiger partial charge in [0, 0.05) is 12.0 Å². The van der Waals surface area contributed by atoms with Crippen LogP contribution in [0, 0.1) is 11.8 Å². The lowest BCUT2D eigenvalue weighted by Gasteiger charge is -2.17. The maximum atomic E-state index is 12.2. The van der Waals surface area contributed by atoms with E-state index in [-0.39, 0.29) is 12.5 Å². The van der Waals surface area contributed by atoms with Crippen LogP contribution in [0.1, 0.15) is 94.3 Å². The summed E-state index contributed by atoms with van der Waals surface area (Å²) < 4.78 is 0. The SMILES string of the molecule is CCCCCCCCCCCCCC#C[C@H](Cl)[C@H](CO)NC(=O)c1ccccc1. The predicted octanol–water partition coefficient (Wildman–Crippen LogP) is 6.09. The average Bonchev–Trinajstić information content (AvgIpc) is 2.75. The van der Waals surface area contributed by atoms with Crippen LogP contribution in [0.15, 0.2) is 30.3 Å². The molecule has 1 rings (SSSR count). The van der Waals surface area contributed by atoms with Crippen LogP contribution in [-0.2, 0) is 0 Å². The average molecular weight is 420 g/mol. The van der Waals surface area contributed by atoms with Crippen LogP contribution in [0.2, 0.25) is 0 Å². The second kappa shape index (κ2) is 17.4. The number of halogens is 1. The maximum Gasteiger partial charge on any atom is 0.251 e. The third-order valence-electron chi connectivity index (χ3n) is 5.05. The second-order valence-corrected chi connectivity index (χ2v) is 8.11. The van der Waals surface area contributed by atoms with Gasteiger partial charge in [0.15, 0.2) is 0 Å². The smallest absolute Gasteiger partial charge is 0.251 e. The van der Waals surface area contributed by atoms with Gasteiger partial charge in [0.05, 0.1) is 12.6 Å². The Labute approximate surface area is 182 Å². The van der Waals surface area contributed by atoms with Crippen molar-refractivity contribution in [2.75, 3.05) is 6.61 Å². The zero-order valence-corrected chi connectivity index (χ0v) is 18.7. The van der Waals surface area contributed by atoms with Crippen molar-refractivity contribution in [3.8, 4) is 11.8 Å². The highest BCUT2D eigenvalue weighted by Crippen LogP contribution is 2.12. The monoisotopic (exact) mass is 419 g/mol. The van der Waals surface area contributed by atoms with E-state index in [9.17, 15) is 9.90 Å². The molecular weight excluding hydrogens is 382 g/mol. The Balaban J connectivity index is 2.12. The van der Waals surface area contributed by atoms with E-state index < -0.39 is 11.4 Å². The lowest BCUT2D eigenvalue weighted by molar-refractivity contribution is 0.0919. The summed E-state index contributed by atoms with van der Waals surface area (Å²) in [4.78, 5) is 12.2. The molecule has 0 heterocycles. The molecule has 3 nitrogen and oxygen atoms in total. The Morgan fingerprint density at radius 2 is 1.52 bits per heavy atom. The molecule has 1 aromatic carbocycles. The van der Waals surface area contributed by atoms with Gasteiger partial charge in [0.2, 0.25) is 0 Å². The minimum atomic E-state index is -0.597. The summed E-state index contributed by atoms with van der Waals surface area (Å²) in [7, 11) is 0. The van der Waals surface area contributed by atoms with Gasteiger partial charge in [-0.05, 0) is 18.6 Å². The van der Waals surface area contributed by atoms with Gasteiger partial charge in [-0.1, -0.05) is 95.3 Å². The first-order valence-corrected chi connectivity index (χ1v) is 11.7. The molecule has 0 aliphatic rings.